The topological polar surface area (TPSA) is 77.0 Å². The van der Waals surface area contributed by atoms with Gasteiger partial charge < -0.3 is 10.6 Å². The molecule has 20 heavy (non-hydrogen) atoms. The van der Waals surface area contributed by atoms with Crippen molar-refractivity contribution in [3.05, 3.63) is 42.5 Å². The summed E-state index contributed by atoms with van der Waals surface area (Å²) in [4.78, 5) is 17.7. The molecule has 1 aliphatic rings. The third kappa shape index (κ3) is 2.36. The Morgan fingerprint density at radius 3 is 3.05 bits per heavy atom. The van der Waals surface area contributed by atoms with E-state index < -0.39 is 5.91 Å². The number of hydrogen-bond donors (Lipinski definition) is 1. The molecule has 0 radical (unpaired) electrons. The summed E-state index contributed by atoms with van der Waals surface area (Å²) in [6.07, 6.45) is 9.16. The van der Waals surface area contributed by atoms with Crippen molar-refractivity contribution in [2.75, 3.05) is 18.0 Å². The van der Waals surface area contributed by atoms with Crippen LogP contribution in [0.4, 0.5) is 5.69 Å². The molecule has 0 bridgehead atoms. The average molecular weight is 271 g/mol. The second kappa shape index (κ2) is 5.32. The van der Waals surface area contributed by atoms with E-state index >= 15 is 0 Å². The third-order valence-corrected chi connectivity index (χ3v) is 3.70. The van der Waals surface area contributed by atoms with Crippen molar-refractivity contribution < 1.29 is 4.79 Å². The van der Waals surface area contributed by atoms with E-state index in [2.05, 4.69) is 15.0 Å². The molecule has 1 aliphatic heterocycles. The first-order chi connectivity index (χ1) is 9.75. The fourth-order valence-corrected chi connectivity index (χ4v) is 2.74. The quantitative estimate of drug-likeness (QED) is 0.910. The number of carbonyl (C=O) groups is 1. The lowest BCUT2D eigenvalue weighted by molar-refractivity contribution is 0.100. The van der Waals surface area contributed by atoms with Gasteiger partial charge in [0.25, 0.3) is 5.91 Å². The van der Waals surface area contributed by atoms with E-state index in [0.29, 0.717) is 11.6 Å². The van der Waals surface area contributed by atoms with E-state index in [1.54, 1.807) is 12.4 Å². The van der Waals surface area contributed by atoms with E-state index in [-0.39, 0.29) is 0 Å². The van der Waals surface area contributed by atoms with Crippen LogP contribution in [0.15, 0.2) is 36.9 Å². The second-order valence-electron chi connectivity index (χ2n) is 4.99. The normalized spacial score (nSPS) is 19.0. The van der Waals surface area contributed by atoms with E-state index in [0.717, 1.165) is 31.6 Å². The van der Waals surface area contributed by atoms with Crippen LogP contribution in [0.2, 0.25) is 0 Å². The first-order valence-electron chi connectivity index (χ1n) is 6.73. The Balaban J connectivity index is 1.86. The predicted octanol–water partition coefficient (Wildman–Crippen LogP) is 1.22. The number of hydrogen-bond acceptors (Lipinski definition) is 4. The second-order valence-corrected chi connectivity index (χ2v) is 4.99. The van der Waals surface area contributed by atoms with Crippen molar-refractivity contribution in [2.45, 2.75) is 18.9 Å². The van der Waals surface area contributed by atoms with Gasteiger partial charge in [0.15, 0.2) is 0 Å². The molecule has 1 unspecified atom stereocenters. The summed E-state index contributed by atoms with van der Waals surface area (Å²) in [5.41, 5.74) is 6.77. The molecule has 6 heteroatoms. The number of piperidine rings is 1. The lowest BCUT2D eigenvalue weighted by Crippen LogP contribution is -2.38. The smallest absolute Gasteiger partial charge is 0.252 e. The van der Waals surface area contributed by atoms with Gasteiger partial charge in [-0.3, -0.25) is 14.5 Å². The summed E-state index contributed by atoms with van der Waals surface area (Å²) in [5.74, 6) is -0.436. The summed E-state index contributed by atoms with van der Waals surface area (Å²) < 4.78 is 1.98. The molecule has 1 fully saturated rings. The minimum atomic E-state index is -0.436. The van der Waals surface area contributed by atoms with Gasteiger partial charge in [-0.1, -0.05) is 0 Å². The maximum Gasteiger partial charge on any atom is 0.252 e. The molecule has 2 aromatic rings. The minimum Gasteiger partial charge on any atom is -0.369 e. The molecular formula is C14H17N5O. The Morgan fingerprint density at radius 2 is 2.30 bits per heavy atom. The highest BCUT2D eigenvalue weighted by molar-refractivity contribution is 5.98. The number of rotatable bonds is 3. The largest absolute Gasteiger partial charge is 0.369 e. The standard InChI is InChI=1S/C14H17N5O/c15-14(20)12-9-16-6-4-13(12)18-7-1-3-11(10-18)19-8-2-5-17-19/h2,4-6,8-9,11H,1,3,7,10H2,(H2,15,20). The molecule has 104 valence electrons. The van der Waals surface area contributed by atoms with Crippen molar-refractivity contribution >= 4 is 11.6 Å². The molecule has 1 atom stereocenters. The predicted molar refractivity (Wildman–Crippen MR) is 75.5 cm³/mol. The number of amides is 1. The summed E-state index contributed by atoms with van der Waals surface area (Å²) >= 11 is 0. The highest BCUT2D eigenvalue weighted by Gasteiger charge is 2.24. The van der Waals surface area contributed by atoms with Crippen LogP contribution in [0.3, 0.4) is 0 Å². The Hall–Kier alpha value is -2.37. The molecular weight excluding hydrogens is 254 g/mol. The number of primary amides is 1. The van der Waals surface area contributed by atoms with Crippen molar-refractivity contribution in [3.8, 4) is 0 Å². The van der Waals surface area contributed by atoms with Crippen LogP contribution in [-0.2, 0) is 0 Å². The SMILES string of the molecule is NC(=O)c1cnccc1N1CCCC(n2cccn2)C1. The van der Waals surface area contributed by atoms with E-state index in [9.17, 15) is 4.79 Å². The van der Waals surface area contributed by atoms with Crippen LogP contribution in [-0.4, -0.2) is 33.8 Å². The fraction of sp³-hybridized carbons (Fsp3) is 0.357. The molecule has 6 nitrogen and oxygen atoms in total. The van der Waals surface area contributed by atoms with Gasteiger partial charge in [-0.2, -0.15) is 5.10 Å². The van der Waals surface area contributed by atoms with Crippen LogP contribution in [0.5, 0.6) is 0 Å². The van der Waals surface area contributed by atoms with Crippen molar-refractivity contribution in [1.29, 1.82) is 0 Å². The molecule has 2 aromatic heterocycles. The van der Waals surface area contributed by atoms with Crippen LogP contribution in [0.25, 0.3) is 0 Å². The number of anilines is 1. The lowest BCUT2D eigenvalue weighted by atomic mass is 10.0. The number of nitrogens with zero attached hydrogens (tertiary/aromatic N) is 4. The highest BCUT2D eigenvalue weighted by atomic mass is 16.1. The average Bonchev–Trinajstić information content (AvgIpc) is 3.01. The summed E-state index contributed by atoms with van der Waals surface area (Å²) in [5, 5.41) is 4.31. The van der Waals surface area contributed by atoms with Gasteiger partial charge in [0.2, 0.25) is 0 Å². The molecule has 1 saturated heterocycles. The molecule has 0 aromatic carbocycles. The van der Waals surface area contributed by atoms with Gasteiger partial charge in [0.05, 0.1) is 17.3 Å². The zero-order valence-corrected chi connectivity index (χ0v) is 11.1. The van der Waals surface area contributed by atoms with E-state index in [4.69, 9.17) is 5.73 Å². The van der Waals surface area contributed by atoms with Crippen LogP contribution >= 0.6 is 0 Å². The van der Waals surface area contributed by atoms with Crippen molar-refractivity contribution in [1.82, 2.24) is 14.8 Å². The van der Waals surface area contributed by atoms with Crippen LogP contribution < -0.4 is 10.6 Å². The van der Waals surface area contributed by atoms with E-state index in [1.807, 2.05) is 23.0 Å². The van der Waals surface area contributed by atoms with Crippen molar-refractivity contribution in [3.63, 3.8) is 0 Å². The Bertz CT molecular complexity index is 595. The fourth-order valence-electron chi connectivity index (χ4n) is 2.74. The Kier molecular flexibility index (Phi) is 3.37. The monoisotopic (exact) mass is 271 g/mol. The third-order valence-electron chi connectivity index (χ3n) is 3.70. The maximum atomic E-state index is 11.5. The van der Waals surface area contributed by atoms with Gasteiger partial charge in [-0.15, -0.1) is 0 Å². The van der Waals surface area contributed by atoms with Gasteiger partial charge in [-0.05, 0) is 25.0 Å². The number of pyridine rings is 1. The maximum absolute atomic E-state index is 11.5. The molecule has 2 N–H and O–H groups in total. The van der Waals surface area contributed by atoms with Crippen LogP contribution in [0, 0.1) is 0 Å². The molecule has 3 rings (SSSR count). The number of nitrogens with two attached hydrogens (primary N) is 1. The summed E-state index contributed by atoms with van der Waals surface area (Å²) in [6.45, 7) is 1.74. The minimum absolute atomic E-state index is 0.327. The Labute approximate surface area is 117 Å². The molecule has 0 aliphatic carbocycles. The summed E-state index contributed by atoms with van der Waals surface area (Å²) in [7, 11) is 0. The number of aromatic nitrogens is 3. The van der Waals surface area contributed by atoms with Crippen LogP contribution in [0.1, 0.15) is 29.2 Å². The molecule has 1 amide bonds. The van der Waals surface area contributed by atoms with Gasteiger partial charge >= 0.3 is 0 Å². The first kappa shape index (κ1) is 12.7. The zero-order valence-electron chi connectivity index (χ0n) is 11.1. The highest BCUT2D eigenvalue weighted by Crippen LogP contribution is 2.27. The number of carbonyl (C=O) groups excluding carboxylic acids is 1. The first-order valence-corrected chi connectivity index (χ1v) is 6.73. The van der Waals surface area contributed by atoms with Crippen molar-refractivity contribution in [2.24, 2.45) is 5.73 Å². The molecule has 0 spiro atoms. The molecule has 3 heterocycles. The summed E-state index contributed by atoms with van der Waals surface area (Å²) in [6, 6.07) is 4.11. The van der Waals surface area contributed by atoms with Gasteiger partial charge in [0.1, 0.15) is 0 Å². The van der Waals surface area contributed by atoms with E-state index in [1.165, 1.54) is 6.20 Å². The van der Waals surface area contributed by atoms with Gasteiger partial charge in [0, 0.05) is 37.9 Å². The Morgan fingerprint density at radius 1 is 1.40 bits per heavy atom. The van der Waals surface area contributed by atoms with Gasteiger partial charge in [-0.25, -0.2) is 0 Å². The zero-order chi connectivity index (χ0) is 13.9. The molecule has 0 saturated carbocycles. The lowest BCUT2D eigenvalue weighted by Gasteiger charge is -2.35.